The first-order chi connectivity index (χ1) is 14.4. The van der Waals surface area contributed by atoms with Gasteiger partial charge in [-0.05, 0) is 26.2 Å². The van der Waals surface area contributed by atoms with Crippen LogP contribution in [-0.4, -0.2) is 59.8 Å². The summed E-state index contributed by atoms with van der Waals surface area (Å²) in [6.45, 7) is 3.21. The summed E-state index contributed by atoms with van der Waals surface area (Å²) >= 11 is 0. The topological polar surface area (TPSA) is 142 Å². The Labute approximate surface area is 178 Å². The van der Waals surface area contributed by atoms with Crippen LogP contribution in [0.1, 0.15) is 84.0 Å². The average Bonchev–Trinajstić information content (AvgIpc) is 2.69. The molecule has 0 saturated carbocycles. The molecule has 1 atom stereocenters. The Morgan fingerprint density at radius 2 is 1.37 bits per heavy atom. The highest BCUT2D eigenvalue weighted by Gasteiger charge is 2.20. The largest absolute Gasteiger partial charge is 0.481 e. The highest BCUT2D eigenvalue weighted by atomic mass is 16.5. The van der Waals surface area contributed by atoms with Crippen molar-refractivity contribution in [2.24, 2.45) is 0 Å². The Kier molecular flexibility index (Phi) is 17.5. The molecule has 0 aliphatic rings. The SMILES string of the molecule is CCOCCNC(=O)CCC(NC(=O)CCCCCCCCCCC(=O)O)C(=O)O. The van der Waals surface area contributed by atoms with Gasteiger partial charge in [0.1, 0.15) is 6.04 Å². The van der Waals surface area contributed by atoms with Crippen LogP contribution < -0.4 is 10.6 Å². The molecule has 0 aliphatic heterocycles. The molecule has 0 bridgehead atoms. The number of carboxylic acid groups (broad SMARTS) is 2. The van der Waals surface area contributed by atoms with Crippen LogP contribution in [0.3, 0.4) is 0 Å². The fourth-order valence-electron chi connectivity index (χ4n) is 2.92. The molecule has 0 aromatic rings. The van der Waals surface area contributed by atoms with Gasteiger partial charge < -0.3 is 25.6 Å². The maximum absolute atomic E-state index is 12.0. The summed E-state index contributed by atoms with van der Waals surface area (Å²) < 4.78 is 5.11. The standard InChI is InChI=1S/C21H38N2O7/c1-2-30-16-15-22-18(24)14-13-17(21(28)29)23-19(25)11-9-7-5-3-4-6-8-10-12-20(26)27/h17H,2-16H2,1H3,(H,22,24)(H,23,25)(H,26,27)(H,28,29). The Morgan fingerprint density at radius 1 is 0.800 bits per heavy atom. The first-order valence-electron chi connectivity index (χ1n) is 10.9. The molecule has 0 fully saturated rings. The Hall–Kier alpha value is -2.16. The Morgan fingerprint density at radius 3 is 1.90 bits per heavy atom. The van der Waals surface area contributed by atoms with Gasteiger partial charge in [-0.3, -0.25) is 14.4 Å². The zero-order valence-corrected chi connectivity index (χ0v) is 18.1. The van der Waals surface area contributed by atoms with E-state index in [0.29, 0.717) is 26.2 Å². The number of carboxylic acids is 2. The van der Waals surface area contributed by atoms with Crippen LogP contribution in [0, 0.1) is 0 Å². The number of rotatable bonds is 20. The van der Waals surface area contributed by atoms with Crippen molar-refractivity contribution in [3.05, 3.63) is 0 Å². The summed E-state index contributed by atoms with van der Waals surface area (Å²) in [6.07, 6.45) is 7.91. The maximum atomic E-state index is 12.0. The molecule has 0 aromatic carbocycles. The first kappa shape index (κ1) is 27.8. The molecular formula is C21H38N2O7. The minimum absolute atomic E-state index is 0.0236. The number of carbonyl (C=O) groups excluding carboxylic acids is 2. The molecule has 0 aromatic heterocycles. The smallest absolute Gasteiger partial charge is 0.326 e. The van der Waals surface area contributed by atoms with Gasteiger partial charge in [0.25, 0.3) is 0 Å². The Bertz CT molecular complexity index is 512. The van der Waals surface area contributed by atoms with E-state index in [1.807, 2.05) is 6.92 Å². The zero-order valence-electron chi connectivity index (χ0n) is 18.1. The summed E-state index contributed by atoms with van der Waals surface area (Å²) in [5.41, 5.74) is 0. The summed E-state index contributed by atoms with van der Waals surface area (Å²) in [5, 5.41) is 22.9. The van der Waals surface area contributed by atoms with E-state index in [4.69, 9.17) is 9.84 Å². The molecule has 9 heteroatoms. The van der Waals surface area contributed by atoms with Gasteiger partial charge in [-0.2, -0.15) is 0 Å². The molecule has 0 saturated heterocycles. The molecule has 0 heterocycles. The second-order valence-corrected chi connectivity index (χ2v) is 7.27. The summed E-state index contributed by atoms with van der Waals surface area (Å²) in [4.78, 5) is 45.4. The highest BCUT2D eigenvalue weighted by Crippen LogP contribution is 2.11. The van der Waals surface area contributed by atoms with E-state index in [0.717, 1.165) is 44.9 Å². The molecule has 1 unspecified atom stereocenters. The van der Waals surface area contributed by atoms with Gasteiger partial charge >= 0.3 is 11.9 Å². The molecular weight excluding hydrogens is 392 g/mol. The zero-order chi connectivity index (χ0) is 22.6. The number of aliphatic carboxylic acids is 2. The van der Waals surface area contributed by atoms with Crippen molar-refractivity contribution in [2.75, 3.05) is 19.8 Å². The summed E-state index contributed by atoms with van der Waals surface area (Å²) in [5.74, 6) is -2.47. The lowest BCUT2D eigenvalue weighted by Crippen LogP contribution is -2.41. The van der Waals surface area contributed by atoms with Crippen LogP contribution in [0.5, 0.6) is 0 Å². The van der Waals surface area contributed by atoms with Gasteiger partial charge in [0.05, 0.1) is 6.61 Å². The molecule has 0 rings (SSSR count). The maximum Gasteiger partial charge on any atom is 0.326 e. The quantitative estimate of drug-likeness (QED) is 0.217. The molecule has 174 valence electrons. The predicted molar refractivity (Wildman–Crippen MR) is 112 cm³/mol. The highest BCUT2D eigenvalue weighted by molar-refractivity contribution is 5.84. The predicted octanol–water partition coefficient (Wildman–Crippen LogP) is 2.47. The number of amides is 2. The van der Waals surface area contributed by atoms with Crippen molar-refractivity contribution in [2.45, 2.75) is 90.0 Å². The molecule has 0 spiro atoms. The molecule has 2 amide bonds. The van der Waals surface area contributed by atoms with Gasteiger partial charge in [-0.25, -0.2) is 4.79 Å². The lowest BCUT2D eigenvalue weighted by Gasteiger charge is -2.14. The van der Waals surface area contributed by atoms with Crippen molar-refractivity contribution in [3.8, 4) is 0 Å². The fraction of sp³-hybridized carbons (Fsp3) is 0.810. The number of hydrogen-bond acceptors (Lipinski definition) is 5. The number of ether oxygens (including phenoxy) is 1. The lowest BCUT2D eigenvalue weighted by atomic mass is 10.1. The molecule has 0 aliphatic carbocycles. The summed E-state index contributed by atoms with van der Waals surface area (Å²) in [6, 6.07) is -1.07. The third-order valence-electron chi connectivity index (χ3n) is 4.61. The monoisotopic (exact) mass is 430 g/mol. The van der Waals surface area contributed by atoms with E-state index in [1.54, 1.807) is 0 Å². The van der Waals surface area contributed by atoms with Crippen molar-refractivity contribution in [1.82, 2.24) is 10.6 Å². The second kappa shape index (κ2) is 18.8. The van der Waals surface area contributed by atoms with Crippen LogP contribution in [0.15, 0.2) is 0 Å². The van der Waals surface area contributed by atoms with E-state index in [-0.39, 0.29) is 37.5 Å². The molecule has 0 radical (unpaired) electrons. The average molecular weight is 431 g/mol. The number of carbonyl (C=O) groups is 4. The number of nitrogens with one attached hydrogen (secondary N) is 2. The van der Waals surface area contributed by atoms with Crippen molar-refractivity contribution in [1.29, 1.82) is 0 Å². The third kappa shape index (κ3) is 17.9. The normalized spacial score (nSPS) is 11.6. The first-order valence-corrected chi connectivity index (χ1v) is 10.9. The van der Waals surface area contributed by atoms with Crippen LogP contribution in [-0.2, 0) is 23.9 Å². The molecule has 30 heavy (non-hydrogen) atoms. The van der Waals surface area contributed by atoms with Crippen molar-refractivity contribution < 1.29 is 34.1 Å². The van der Waals surface area contributed by atoms with Crippen molar-refractivity contribution >= 4 is 23.8 Å². The third-order valence-corrected chi connectivity index (χ3v) is 4.61. The van der Waals surface area contributed by atoms with E-state index >= 15 is 0 Å². The Balaban J connectivity index is 3.79. The van der Waals surface area contributed by atoms with E-state index in [1.165, 1.54) is 0 Å². The minimum Gasteiger partial charge on any atom is -0.481 e. The van der Waals surface area contributed by atoms with E-state index < -0.39 is 18.0 Å². The number of hydrogen-bond donors (Lipinski definition) is 4. The molecule has 9 nitrogen and oxygen atoms in total. The van der Waals surface area contributed by atoms with E-state index in [9.17, 15) is 24.3 Å². The van der Waals surface area contributed by atoms with Crippen LogP contribution >= 0.6 is 0 Å². The summed E-state index contributed by atoms with van der Waals surface area (Å²) in [7, 11) is 0. The van der Waals surface area contributed by atoms with Crippen LogP contribution in [0.2, 0.25) is 0 Å². The minimum atomic E-state index is -1.15. The number of unbranched alkanes of at least 4 members (excludes halogenated alkanes) is 7. The molecule has 4 N–H and O–H groups in total. The lowest BCUT2D eigenvalue weighted by molar-refractivity contribution is -0.142. The fourth-order valence-corrected chi connectivity index (χ4v) is 2.92. The van der Waals surface area contributed by atoms with Gasteiger partial charge in [-0.15, -0.1) is 0 Å². The van der Waals surface area contributed by atoms with Gasteiger partial charge in [0.2, 0.25) is 11.8 Å². The van der Waals surface area contributed by atoms with Crippen molar-refractivity contribution in [3.63, 3.8) is 0 Å². The van der Waals surface area contributed by atoms with Crippen LogP contribution in [0.25, 0.3) is 0 Å². The van der Waals surface area contributed by atoms with Gasteiger partial charge in [0.15, 0.2) is 0 Å². The van der Waals surface area contributed by atoms with E-state index in [2.05, 4.69) is 10.6 Å². The van der Waals surface area contributed by atoms with Gasteiger partial charge in [-0.1, -0.05) is 38.5 Å². The second-order valence-electron chi connectivity index (χ2n) is 7.27. The van der Waals surface area contributed by atoms with Crippen LogP contribution in [0.4, 0.5) is 0 Å². The van der Waals surface area contributed by atoms with Gasteiger partial charge in [0, 0.05) is 32.4 Å².